The van der Waals surface area contributed by atoms with E-state index in [1.807, 2.05) is 6.07 Å². The number of hydrogen-bond donors (Lipinski definition) is 1. The van der Waals surface area contributed by atoms with Crippen molar-refractivity contribution in [1.82, 2.24) is 10.2 Å². The summed E-state index contributed by atoms with van der Waals surface area (Å²) in [6.45, 7) is 10.1. The predicted octanol–water partition coefficient (Wildman–Crippen LogP) is 3.81. The second kappa shape index (κ2) is 6.91. The van der Waals surface area contributed by atoms with Crippen LogP contribution in [0.4, 0.5) is 0 Å². The number of hydrogen-bond acceptors (Lipinski definition) is 3. The summed E-state index contributed by atoms with van der Waals surface area (Å²) in [5, 5.41) is 3.56. The van der Waals surface area contributed by atoms with Gasteiger partial charge in [-0.05, 0) is 66.8 Å². The monoisotopic (exact) mass is 328 g/mol. The van der Waals surface area contributed by atoms with Crippen molar-refractivity contribution < 1.29 is 4.42 Å². The van der Waals surface area contributed by atoms with Gasteiger partial charge in [0.2, 0.25) is 0 Å². The minimum absolute atomic E-state index is 0.369. The Bertz CT molecular complexity index is 391. The molecule has 4 heteroatoms. The van der Waals surface area contributed by atoms with E-state index in [4.69, 9.17) is 4.42 Å². The fraction of sp³-hybridized carbons (Fsp3) is 0.733. The van der Waals surface area contributed by atoms with Gasteiger partial charge in [-0.15, -0.1) is 0 Å². The topological polar surface area (TPSA) is 28.4 Å². The summed E-state index contributed by atoms with van der Waals surface area (Å²) in [5.74, 6) is 1.82. The molecule has 1 aliphatic heterocycles. The molecule has 3 nitrogen and oxygen atoms in total. The van der Waals surface area contributed by atoms with Crippen LogP contribution in [0, 0.1) is 5.92 Å². The van der Waals surface area contributed by atoms with Gasteiger partial charge >= 0.3 is 0 Å². The predicted molar refractivity (Wildman–Crippen MR) is 82.3 cm³/mol. The van der Waals surface area contributed by atoms with Crippen molar-refractivity contribution in [2.45, 2.75) is 45.7 Å². The van der Waals surface area contributed by atoms with Gasteiger partial charge in [0.15, 0.2) is 4.67 Å². The van der Waals surface area contributed by atoms with Crippen LogP contribution in [0.2, 0.25) is 0 Å². The molecule has 0 spiro atoms. The number of rotatable bonds is 5. The maximum Gasteiger partial charge on any atom is 0.169 e. The summed E-state index contributed by atoms with van der Waals surface area (Å²) in [7, 11) is 0. The quantitative estimate of drug-likeness (QED) is 0.890. The lowest BCUT2D eigenvalue weighted by molar-refractivity contribution is 0.116. The molecule has 2 heterocycles. The van der Waals surface area contributed by atoms with E-state index < -0.39 is 0 Å². The van der Waals surface area contributed by atoms with Gasteiger partial charge in [0.25, 0.3) is 0 Å². The van der Waals surface area contributed by atoms with Crippen LogP contribution in [0.15, 0.2) is 21.2 Å². The first-order valence-corrected chi connectivity index (χ1v) is 8.08. The number of piperidine rings is 1. The maximum atomic E-state index is 5.69. The van der Waals surface area contributed by atoms with Gasteiger partial charge in [0.1, 0.15) is 5.76 Å². The van der Waals surface area contributed by atoms with Crippen LogP contribution in [-0.2, 0) is 0 Å². The fourth-order valence-corrected chi connectivity index (χ4v) is 3.07. The third-order valence-corrected chi connectivity index (χ3v) is 4.34. The maximum absolute atomic E-state index is 5.69. The molecule has 2 atom stereocenters. The van der Waals surface area contributed by atoms with Crippen LogP contribution in [0.5, 0.6) is 0 Å². The van der Waals surface area contributed by atoms with Crippen LogP contribution in [-0.4, -0.2) is 30.6 Å². The largest absolute Gasteiger partial charge is 0.453 e. The highest BCUT2D eigenvalue weighted by Crippen LogP contribution is 2.28. The first kappa shape index (κ1) is 15.1. The van der Waals surface area contributed by atoms with Gasteiger partial charge in [-0.3, -0.25) is 4.90 Å². The summed E-state index contributed by atoms with van der Waals surface area (Å²) in [6.07, 6.45) is 2.63. The Morgan fingerprint density at radius 3 is 2.84 bits per heavy atom. The summed E-state index contributed by atoms with van der Waals surface area (Å²) in [5.41, 5.74) is 0. The van der Waals surface area contributed by atoms with Crippen molar-refractivity contribution in [3.63, 3.8) is 0 Å². The minimum Gasteiger partial charge on any atom is -0.453 e. The smallest absolute Gasteiger partial charge is 0.169 e. The van der Waals surface area contributed by atoms with Crippen LogP contribution in [0.25, 0.3) is 0 Å². The summed E-state index contributed by atoms with van der Waals surface area (Å²) < 4.78 is 6.51. The van der Waals surface area contributed by atoms with E-state index in [-0.39, 0.29) is 0 Å². The molecule has 1 N–H and O–H groups in total. The first-order chi connectivity index (χ1) is 9.06. The highest BCUT2D eigenvalue weighted by molar-refractivity contribution is 9.10. The van der Waals surface area contributed by atoms with Crippen molar-refractivity contribution in [2.24, 2.45) is 5.92 Å². The Balaban J connectivity index is 1.89. The normalized spacial score (nSPS) is 22.9. The molecule has 0 saturated carbocycles. The highest BCUT2D eigenvalue weighted by atomic mass is 79.9. The number of furan rings is 1. The average molecular weight is 329 g/mol. The van der Waals surface area contributed by atoms with Crippen molar-refractivity contribution in [2.75, 3.05) is 19.6 Å². The van der Waals surface area contributed by atoms with E-state index in [1.54, 1.807) is 0 Å². The lowest BCUT2D eigenvalue weighted by Gasteiger charge is -2.36. The molecule has 19 heavy (non-hydrogen) atoms. The molecule has 0 amide bonds. The molecule has 1 aliphatic rings. The molecule has 1 aromatic rings. The van der Waals surface area contributed by atoms with E-state index in [0.29, 0.717) is 12.1 Å². The zero-order valence-corrected chi connectivity index (χ0v) is 13.7. The SMILES string of the molecule is CC(C)NCC1CCCN(C(C)c2ccc(Br)o2)C1. The molecule has 1 fully saturated rings. The number of nitrogens with one attached hydrogen (secondary N) is 1. The van der Waals surface area contributed by atoms with Gasteiger partial charge in [-0.25, -0.2) is 0 Å². The zero-order valence-electron chi connectivity index (χ0n) is 12.2. The summed E-state index contributed by atoms with van der Waals surface area (Å²) in [4.78, 5) is 2.54. The highest BCUT2D eigenvalue weighted by Gasteiger charge is 2.25. The third kappa shape index (κ3) is 4.33. The first-order valence-electron chi connectivity index (χ1n) is 7.29. The van der Waals surface area contributed by atoms with Gasteiger partial charge in [-0.1, -0.05) is 13.8 Å². The van der Waals surface area contributed by atoms with Gasteiger partial charge in [0, 0.05) is 12.6 Å². The van der Waals surface area contributed by atoms with E-state index >= 15 is 0 Å². The molecular formula is C15H25BrN2O. The van der Waals surface area contributed by atoms with Crippen molar-refractivity contribution in [1.29, 1.82) is 0 Å². The van der Waals surface area contributed by atoms with E-state index in [2.05, 4.69) is 53.0 Å². The molecule has 0 bridgehead atoms. The van der Waals surface area contributed by atoms with Crippen molar-refractivity contribution in [3.8, 4) is 0 Å². The Morgan fingerprint density at radius 1 is 1.42 bits per heavy atom. The number of nitrogens with zero attached hydrogens (tertiary/aromatic N) is 1. The molecule has 108 valence electrons. The molecule has 2 unspecified atom stereocenters. The van der Waals surface area contributed by atoms with Gasteiger partial charge in [-0.2, -0.15) is 0 Å². The van der Waals surface area contributed by atoms with E-state index in [9.17, 15) is 0 Å². The Kier molecular flexibility index (Phi) is 5.48. The fourth-order valence-electron chi connectivity index (χ4n) is 2.75. The molecule has 0 radical (unpaired) electrons. The minimum atomic E-state index is 0.369. The second-order valence-corrected chi connectivity index (χ2v) is 6.67. The number of likely N-dealkylation sites (tertiary alicyclic amines) is 1. The summed E-state index contributed by atoms with van der Waals surface area (Å²) in [6, 6.07) is 5.00. The lowest BCUT2D eigenvalue weighted by Crippen LogP contribution is -2.41. The lowest BCUT2D eigenvalue weighted by atomic mass is 9.96. The third-order valence-electron chi connectivity index (χ3n) is 3.92. The van der Waals surface area contributed by atoms with Crippen molar-refractivity contribution >= 4 is 15.9 Å². The zero-order chi connectivity index (χ0) is 13.8. The van der Waals surface area contributed by atoms with Gasteiger partial charge in [0.05, 0.1) is 6.04 Å². The standard InChI is InChI=1S/C15H25BrN2O/c1-11(2)17-9-13-5-4-8-18(10-13)12(3)14-6-7-15(16)19-14/h6-7,11-13,17H,4-5,8-10H2,1-3H3. The average Bonchev–Trinajstić information content (AvgIpc) is 2.82. The van der Waals surface area contributed by atoms with Crippen LogP contribution >= 0.6 is 15.9 Å². The van der Waals surface area contributed by atoms with Gasteiger partial charge < -0.3 is 9.73 Å². The van der Waals surface area contributed by atoms with Crippen molar-refractivity contribution in [3.05, 3.63) is 22.6 Å². The molecule has 0 aliphatic carbocycles. The second-order valence-electron chi connectivity index (χ2n) is 5.88. The Labute approximate surface area is 124 Å². The van der Waals surface area contributed by atoms with Crippen LogP contribution in [0.3, 0.4) is 0 Å². The molecular weight excluding hydrogens is 304 g/mol. The van der Waals surface area contributed by atoms with Crippen LogP contribution < -0.4 is 5.32 Å². The van der Waals surface area contributed by atoms with Crippen LogP contribution in [0.1, 0.15) is 45.4 Å². The van der Waals surface area contributed by atoms with E-state index in [0.717, 1.165) is 22.9 Å². The van der Waals surface area contributed by atoms with E-state index in [1.165, 1.54) is 25.9 Å². The molecule has 1 saturated heterocycles. The Morgan fingerprint density at radius 2 is 2.21 bits per heavy atom. The Hall–Kier alpha value is -0.320. The molecule has 2 rings (SSSR count). The number of halogens is 1. The molecule has 0 aromatic carbocycles. The summed E-state index contributed by atoms with van der Waals surface area (Å²) >= 11 is 3.38. The molecule has 1 aromatic heterocycles.